The van der Waals surface area contributed by atoms with Crippen molar-refractivity contribution in [2.24, 2.45) is 0 Å². The molecule has 1 fully saturated rings. The van der Waals surface area contributed by atoms with Gasteiger partial charge < -0.3 is 9.84 Å². The van der Waals surface area contributed by atoms with Crippen molar-refractivity contribution in [1.82, 2.24) is 4.90 Å². The molecule has 21 heavy (non-hydrogen) atoms. The Balaban J connectivity index is 1.95. The minimum absolute atomic E-state index is 0.187. The quantitative estimate of drug-likeness (QED) is 0.946. The highest BCUT2D eigenvalue weighted by Gasteiger charge is 2.25. The van der Waals surface area contributed by atoms with Crippen LogP contribution in [0.4, 0.5) is 0 Å². The van der Waals surface area contributed by atoms with E-state index >= 15 is 0 Å². The van der Waals surface area contributed by atoms with Gasteiger partial charge in [-0.3, -0.25) is 4.90 Å². The zero-order valence-electron chi connectivity index (χ0n) is 12.2. The van der Waals surface area contributed by atoms with Gasteiger partial charge in [0, 0.05) is 24.3 Å². The number of hydrogen-bond acceptors (Lipinski definition) is 4. The van der Waals surface area contributed by atoms with Gasteiger partial charge >= 0.3 is 5.97 Å². The average Bonchev–Trinajstić information content (AvgIpc) is 2.77. The largest absolute Gasteiger partial charge is 0.477 e. The van der Waals surface area contributed by atoms with Crippen LogP contribution in [-0.2, 0) is 11.3 Å². The summed E-state index contributed by atoms with van der Waals surface area (Å²) in [5, 5.41) is 10.5. The smallest absolute Gasteiger partial charge is 0.346 e. The number of carbonyl (C=O) groups is 1. The first-order valence-corrected chi connectivity index (χ1v) is 7.97. The Morgan fingerprint density at radius 1 is 1.33 bits per heavy atom. The summed E-state index contributed by atoms with van der Waals surface area (Å²) < 4.78 is 6.79. The summed E-state index contributed by atoms with van der Waals surface area (Å²) in [6.45, 7) is 6.48. The van der Waals surface area contributed by atoms with Gasteiger partial charge in [-0.05, 0) is 30.9 Å². The van der Waals surface area contributed by atoms with Crippen LogP contribution in [0.15, 0.2) is 24.3 Å². The molecule has 1 aliphatic heterocycles. The van der Waals surface area contributed by atoms with Gasteiger partial charge in [0.05, 0.1) is 12.2 Å². The molecule has 1 aromatic heterocycles. The van der Waals surface area contributed by atoms with Crippen LogP contribution in [0.25, 0.3) is 10.1 Å². The summed E-state index contributed by atoms with van der Waals surface area (Å²) in [4.78, 5) is 14.3. The number of ether oxygens (including phenoxy) is 1. The molecular weight excluding hydrogens is 286 g/mol. The number of fused-ring (bicyclic) bond motifs is 1. The van der Waals surface area contributed by atoms with Crippen molar-refractivity contribution in [3.8, 4) is 0 Å². The third-order valence-corrected chi connectivity index (χ3v) is 4.97. The monoisotopic (exact) mass is 305 g/mol. The van der Waals surface area contributed by atoms with Crippen molar-refractivity contribution in [3.05, 3.63) is 34.7 Å². The maximum absolute atomic E-state index is 11.5. The molecule has 2 atom stereocenters. The summed E-state index contributed by atoms with van der Waals surface area (Å²) in [5.41, 5.74) is 0.935. The van der Waals surface area contributed by atoms with Crippen LogP contribution in [0.5, 0.6) is 0 Å². The highest BCUT2D eigenvalue weighted by atomic mass is 32.1. The van der Waals surface area contributed by atoms with E-state index < -0.39 is 5.97 Å². The van der Waals surface area contributed by atoms with Crippen LogP contribution in [0.3, 0.4) is 0 Å². The molecule has 1 aromatic carbocycles. The van der Waals surface area contributed by atoms with Crippen molar-refractivity contribution < 1.29 is 14.6 Å². The van der Waals surface area contributed by atoms with Gasteiger partial charge in [0.1, 0.15) is 4.88 Å². The molecular formula is C16H19NO3S. The SMILES string of the molecule is C[C@@H]1CN(Cc2c(C(=O)O)sc3ccccc23)C[C@H](C)O1. The zero-order chi connectivity index (χ0) is 15.0. The predicted octanol–water partition coefficient (Wildman–Crippen LogP) is 3.21. The number of nitrogens with zero attached hydrogens (tertiary/aromatic N) is 1. The zero-order valence-corrected chi connectivity index (χ0v) is 13.0. The van der Waals surface area contributed by atoms with Crippen molar-refractivity contribution in [1.29, 1.82) is 0 Å². The lowest BCUT2D eigenvalue weighted by molar-refractivity contribution is -0.0704. The lowest BCUT2D eigenvalue weighted by atomic mass is 10.1. The molecule has 4 nitrogen and oxygen atoms in total. The van der Waals surface area contributed by atoms with Gasteiger partial charge in [-0.2, -0.15) is 0 Å². The fraction of sp³-hybridized carbons (Fsp3) is 0.438. The van der Waals surface area contributed by atoms with Gasteiger partial charge in [-0.1, -0.05) is 18.2 Å². The predicted molar refractivity (Wildman–Crippen MR) is 84.1 cm³/mol. The second kappa shape index (κ2) is 5.75. The molecule has 1 saturated heterocycles. The van der Waals surface area contributed by atoms with Crippen LogP contribution in [-0.4, -0.2) is 41.3 Å². The molecule has 2 aromatic rings. The standard InChI is InChI=1S/C16H19NO3S/c1-10-7-17(8-11(2)20-10)9-13-12-5-3-4-6-14(12)21-15(13)16(18)19/h3-6,10-11H,7-9H2,1-2H3,(H,18,19)/t10-,11+. The van der Waals surface area contributed by atoms with E-state index in [-0.39, 0.29) is 12.2 Å². The summed E-state index contributed by atoms with van der Waals surface area (Å²) in [6, 6.07) is 7.92. The molecule has 3 rings (SSSR count). The average molecular weight is 305 g/mol. The number of thiophene rings is 1. The number of carboxylic acids is 1. The van der Waals surface area contributed by atoms with Crippen LogP contribution < -0.4 is 0 Å². The van der Waals surface area contributed by atoms with Crippen LogP contribution in [0, 0.1) is 0 Å². The van der Waals surface area contributed by atoms with E-state index in [4.69, 9.17) is 4.74 Å². The highest BCUT2D eigenvalue weighted by Crippen LogP contribution is 2.32. The summed E-state index contributed by atoms with van der Waals surface area (Å²) in [7, 11) is 0. The molecule has 0 unspecified atom stereocenters. The lowest BCUT2D eigenvalue weighted by Gasteiger charge is -2.35. The van der Waals surface area contributed by atoms with Crippen LogP contribution in [0.1, 0.15) is 29.1 Å². The van der Waals surface area contributed by atoms with E-state index in [1.165, 1.54) is 11.3 Å². The third kappa shape index (κ3) is 2.95. The lowest BCUT2D eigenvalue weighted by Crippen LogP contribution is -2.44. The highest BCUT2D eigenvalue weighted by molar-refractivity contribution is 7.21. The minimum Gasteiger partial charge on any atom is -0.477 e. The van der Waals surface area contributed by atoms with E-state index in [9.17, 15) is 9.90 Å². The van der Waals surface area contributed by atoms with Gasteiger partial charge in [0.2, 0.25) is 0 Å². The van der Waals surface area contributed by atoms with Crippen LogP contribution >= 0.6 is 11.3 Å². The molecule has 0 bridgehead atoms. The van der Waals surface area contributed by atoms with Gasteiger partial charge in [0.25, 0.3) is 0 Å². The van der Waals surface area contributed by atoms with E-state index in [0.717, 1.165) is 28.7 Å². The van der Waals surface area contributed by atoms with Crippen molar-refractivity contribution in [2.45, 2.75) is 32.6 Å². The topological polar surface area (TPSA) is 49.8 Å². The van der Waals surface area contributed by atoms with Crippen molar-refractivity contribution >= 4 is 27.4 Å². The van der Waals surface area contributed by atoms with Crippen LogP contribution in [0.2, 0.25) is 0 Å². The third-order valence-electron chi connectivity index (χ3n) is 3.77. The van der Waals surface area contributed by atoms with E-state index in [1.54, 1.807) is 0 Å². The summed E-state index contributed by atoms with van der Waals surface area (Å²) in [5.74, 6) is -0.833. The number of rotatable bonds is 3. The Kier molecular flexibility index (Phi) is 3.97. The molecule has 112 valence electrons. The number of morpholine rings is 1. The second-order valence-electron chi connectivity index (χ2n) is 5.66. The maximum Gasteiger partial charge on any atom is 0.346 e. The van der Waals surface area contributed by atoms with E-state index in [0.29, 0.717) is 11.4 Å². The fourth-order valence-electron chi connectivity index (χ4n) is 3.07. The molecule has 5 heteroatoms. The van der Waals surface area contributed by atoms with Crippen molar-refractivity contribution in [3.63, 3.8) is 0 Å². The Hall–Kier alpha value is -1.43. The molecule has 0 aliphatic carbocycles. The molecule has 0 amide bonds. The van der Waals surface area contributed by atoms with Crippen molar-refractivity contribution in [2.75, 3.05) is 13.1 Å². The fourth-order valence-corrected chi connectivity index (χ4v) is 4.12. The maximum atomic E-state index is 11.5. The molecule has 2 heterocycles. The van der Waals surface area contributed by atoms with E-state index in [2.05, 4.69) is 18.7 Å². The number of carboxylic acid groups (broad SMARTS) is 1. The minimum atomic E-state index is -0.833. The summed E-state index contributed by atoms with van der Waals surface area (Å²) in [6.07, 6.45) is 0.374. The first-order chi connectivity index (χ1) is 10.0. The Bertz CT molecular complexity index is 657. The second-order valence-corrected chi connectivity index (χ2v) is 6.71. The van der Waals surface area contributed by atoms with Gasteiger partial charge in [-0.15, -0.1) is 11.3 Å². The molecule has 1 aliphatic rings. The van der Waals surface area contributed by atoms with Gasteiger partial charge in [0.15, 0.2) is 0 Å². The number of hydrogen-bond donors (Lipinski definition) is 1. The molecule has 1 N–H and O–H groups in total. The molecule has 0 spiro atoms. The Morgan fingerprint density at radius 3 is 2.67 bits per heavy atom. The molecule has 0 radical (unpaired) electrons. The number of aromatic carboxylic acids is 1. The Morgan fingerprint density at radius 2 is 2.00 bits per heavy atom. The molecule has 0 saturated carbocycles. The number of benzene rings is 1. The summed E-state index contributed by atoms with van der Waals surface area (Å²) >= 11 is 1.36. The normalized spacial score (nSPS) is 23.5. The first kappa shape index (κ1) is 14.5. The van der Waals surface area contributed by atoms with Gasteiger partial charge in [-0.25, -0.2) is 4.79 Å². The van der Waals surface area contributed by atoms with E-state index in [1.807, 2.05) is 24.3 Å². The first-order valence-electron chi connectivity index (χ1n) is 7.16. The Labute approximate surface area is 127 Å².